The summed E-state index contributed by atoms with van der Waals surface area (Å²) < 4.78 is 33.3. The topological polar surface area (TPSA) is 108 Å². The van der Waals surface area contributed by atoms with Crippen LogP contribution in [0.5, 0.6) is 5.75 Å². The molecule has 0 unspecified atom stereocenters. The summed E-state index contributed by atoms with van der Waals surface area (Å²) in [5, 5.41) is 9.02. The fraction of sp³-hybridized carbons (Fsp3) is 0.385. The molecule has 7 nitrogen and oxygen atoms in total. The summed E-state index contributed by atoms with van der Waals surface area (Å²) in [7, 11) is -2.35. The molecule has 0 aliphatic carbocycles. The van der Waals surface area contributed by atoms with Crippen LogP contribution < -0.4 is 9.88 Å². The molecule has 1 heterocycles. The Balaban J connectivity index is 2.59. The molecule has 2 N–H and O–H groups in total. The van der Waals surface area contributed by atoms with Crippen LogP contribution in [0.25, 0.3) is 11.4 Å². The molecule has 0 radical (unpaired) electrons. The number of nitrogens with two attached hydrogens (primary N) is 1. The standard InChI is InChI=1S/C13H17N3O4S/c1-13(2,3)12-15-11(16-20-12)9-7-8(21(14,17)18)5-6-10(9)19-4/h5-7H,1-4H3,(H2,14,17,18). The second-order valence-electron chi connectivity index (χ2n) is 5.58. The second kappa shape index (κ2) is 5.12. The minimum absolute atomic E-state index is 0.0413. The van der Waals surface area contributed by atoms with E-state index in [1.165, 1.54) is 25.3 Å². The molecule has 0 atom stereocenters. The Hall–Kier alpha value is -1.93. The van der Waals surface area contributed by atoms with Crippen LogP contribution in [0.2, 0.25) is 0 Å². The van der Waals surface area contributed by atoms with Crippen LogP contribution >= 0.6 is 0 Å². The molecule has 0 aliphatic heterocycles. The van der Waals surface area contributed by atoms with Crippen LogP contribution in [-0.2, 0) is 15.4 Å². The molecule has 1 aromatic heterocycles. The van der Waals surface area contributed by atoms with E-state index in [-0.39, 0.29) is 16.1 Å². The molecule has 114 valence electrons. The highest BCUT2D eigenvalue weighted by Crippen LogP contribution is 2.31. The molecule has 0 amide bonds. The van der Waals surface area contributed by atoms with E-state index in [9.17, 15) is 8.42 Å². The largest absolute Gasteiger partial charge is 0.496 e. The van der Waals surface area contributed by atoms with Gasteiger partial charge in [-0.3, -0.25) is 0 Å². The molecular formula is C13H17N3O4S. The Morgan fingerprint density at radius 3 is 2.43 bits per heavy atom. The predicted octanol–water partition coefficient (Wildman–Crippen LogP) is 1.69. The number of sulfonamides is 1. The van der Waals surface area contributed by atoms with E-state index in [0.29, 0.717) is 17.2 Å². The summed E-state index contributed by atoms with van der Waals surface area (Å²) in [5.41, 5.74) is 0.0963. The first-order valence-corrected chi connectivity index (χ1v) is 7.73. The predicted molar refractivity (Wildman–Crippen MR) is 76.4 cm³/mol. The quantitative estimate of drug-likeness (QED) is 0.924. The summed E-state index contributed by atoms with van der Waals surface area (Å²) in [4.78, 5) is 4.25. The molecule has 0 saturated carbocycles. The van der Waals surface area contributed by atoms with E-state index in [1.54, 1.807) is 0 Å². The van der Waals surface area contributed by atoms with E-state index in [1.807, 2.05) is 20.8 Å². The molecule has 0 fully saturated rings. The van der Waals surface area contributed by atoms with Gasteiger partial charge in [0, 0.05) is 5.41 Å². The SMILES string of the molecule is COc1ccc(S(N)(=O)=O)cc1-c1noc(C(C)(C)C)n1. The van der Waals surface area contributed by atoms with Crippen molar-refractivity contribution in [3.05, 3.63) is 24.1 Å². The highest BCUT2D eigenvalue weighted by molar-refractivity contribution is 7.89. The van der Waals surface area contributed by atoms with Crippen molar-refractivity contribution in [3.63, 3.8) is 0 Å². The van der Waals surface area contributed by atoms with Gasteiger partial charge in [0.15, 0.2) is 0 Å². The highest BCUT2D eigenvalue weighted by Gasteiger charge is 2.24. The van der Waals surface area contributed by atoms with Gasteiger partial charge in [-0.25, -0.2) is 13.6 Å². The van der Waals surface area contributed by atoms with Gasteiger partial charge in [0.25, 0.3) is 0 Å². The fourth-order valence-corrected chi connectivity index (χ4v) is 2.22. The third-order valence-electron chi connectivity index (χ3n) is 2.81. The molecule has 1 aromatic carbocycles. The number of hydrogen-bond acceptors (Lipinski definition) is 6. The van der Waals surface area contributed by atoms with E-state index >= 15 is 0 Å². The van der Waals surface area contributed by atoms with Gasteiger partial charge in [-0.1, -0.05) is 25.9 Å². The minimum atomic E-state index is -3.82. The third-order valence-corrected chi connectivity index (χ3v) is 3.72. The van der Waals surface area contributed by atoms with Gasteiger partial charge < -0.3 is 9.26 Å². The number of aromatic nitrogens is 2. The first-order valence-electron chi connectivity index (χ1n) is 6.18. The Morgan fingerprint density at radius 1 is 1.29 bits per heavy atom. The van der Waals surface area contributed by atoms with E-state index in [0.717, 1.165) is 0 Å². The van der Waals surface area contributed by atoms with Gasteiger partial charge in [-0.15, -0.1) is 0 Å². The van der Waals surface area contributed by atoms with Crippen molar-refractivity contribution in [2.45, 2.75) is 31.1 Å². The molecule has 0 bridgehead atoms. The Bertz CT molecular complexity index is 760. The van der Waals surface area contributed by atoms with Gasteiger partial charge in [0.1, 0.15) is 5.75 Å². The van der Waals surface area contributed by atoms with Crippen molar-refractivity contribution in [1.29, 1.82) is 0 Å². The molecule has 2 aromatic rings. The van der Waals surface area contributed by atoms with Crippen molar-refractivity contribution in [3.8, 4) is 17.1 Å². The lowest BCUT2D eigenvalue weighted by Gasteiger charge is -2.10. The average molecular weight is 311 g/mol. The van der Waals surface area contributed by atoms with E-state index in [4.69, 9.17) is 14.4 Å². The number of ether oxygens (including phenoxy) is 1. The number of methoxy groups -OCH3 is 1. The lowest BCUT2D eigenvalue weighted by atomic mass is 9.97. The van der Waals surface area contributed by atoms with E-state index in [2.05, 4.69) is 10.1 Å². The zero-order chi connectivity index (χ0) is 15.8. The number of hydrogen-bond donors (Lipinski definition) is 1. The summed E-state index contributed by atoms with van der Waals surface area (Å²) in [6, 6.07) is 4.23. The lowest BCUT2D eigenvalue weighted by molar-refractivity contribution is 0.321. The van der Waals surface area contributed by atoms with Gasteiger partial charge in [-0.2, -0.15) is 4.98 Å². The molecule has 0 aliphatic rings. The summed E-state index contributed by atoms with van der Waals surface area (Å²) in [6.07, 6.45) is 0. The minimum Gasteiger partial charge on any atom is -0.496 e. The van der Waals surface area contributed by atoms with Crippen molar-refractivity contribution >= 4 is 10.0 Å². The monoisotopic (exact) mass is 311 g/mol. The Kier molecular flexibility index (Phi) is 3.77. The molecule has 21 heavy (non-hydrogen) atoms. The van der Waals surface area contributed by atoms with Crippen molar-refractivity contribution in [2.75, 3.05) is 7.11 Å². The van der Waals surface area contributed by atoms with E-state index < -0.39 is 10.0 Å². The Labute approximate surface area is 123 Å². The summed E-state index contributed by atoms with van der Waals surface area (Å²) >= 11 is 0. The van der Waals surface area contributed by atoms with Crippen LogP contribution in [0.3, 0.4) is 0 Å². The maximum atomic E-state index is 11.5. The maximum absolute atomic E-state index is 11.5. The lowest BCUT2D eigenvalue weighted by Crippen LogP contribution is -2.12. The second-order valence-corrected chi connectivity index (χ2v) is 7.14. The number of nitrogens with zero attached hydrogens (tertiary/aromatic N) is 2. The summed E-state index contributed by atoms with van der Waals surface area (Å²) in [5.74, 6) is 1.13. The first-order chi connectivity index (χ1) is 9.63. The normalized spacial score (nSPS) is 12.4. The number of primary sulfonamides is 1. The van der Waals surface area contributed by atoms with Gasteiger partial charge >= 0.3 is 0 Å². The zero-order valence-electron chi connectivity index (χ0n) is 12.2. The smallest absolute Gasteiger partial charge is 0.238 e. The van der Waals surface area contributed by atoms with Crippen molar-refractivity contribution < 1.29 is 17.7 Å². The molecule has 2 rings (SSSR count). The molecule has 8 heteroatoms. The maximum Gasteiger partial charge on any atom is 0.238 e. The zero-order valence-corrected chi connectivity index (χ0v) is 13.1. The average Bonchev–Trinajstić information content (AvgIpc) is 2.86. The molecule has 0 saturated heterocycles. The first kappa shape index (κ1) is 15.5. The van der Waals surface area contributed by atoms with Gasteiger partial charge in [0.2, 0.25) is 21.7 Å². The van der Waals surface area contributed by atoms with Gasteiger partial charge in [0.05, 0.1) is 17.6 Å². The van der Waals surface area contributed by atoms with Crippen LogP contribution in [0.4, 0.5) is 0 Å². The Morgan fingerprint density at radius 2 is 1.95 bits per heavy atom. The van der Waals surface area contributed by atoms with Crippen LogP contribution in [-0.4, -0.2) is 25.7 Å². The van der Waals surface area contributed by atoms with Crippen LogP contribution in [0, 0.1) is 0 Å². The van der Waals surface area contributed by atoms with Crippen LogP contribution in [0.15, 0.2) is 27.6 Å². The van der Waals surface area contributed by atoms with Gasteiger partial charge in [-0.05, 0) is 18.2 Å². The summed E-state index contributed by atoms with van der Waals surface area (Å²) in [6.45, 7) is 5.80. The van der Waals surface area contributed by atoms with Crippen molar-refractivity contribution in [2.24, 2.45) is 5.14 Å². The highest BCUT2D eigenvalue weighted by atomic mass is 32.2. The number of rotatable bonds is 3. The van der Waals surface area contributed by atoms with Crippen LogP contribution in [0.1, 0.15) is 26.7 Å². The van der Waals surface area contributed by atoms with Crippen molar-refractivity contribution in [1.82, 2.24) is 10.1 Å². The fourth-order valence-electron chi connectivity index (χ4n) is 1.68. The number of benzene rings is 1. The molecule has 0 spiro atoms. The third kappa shape index (κ3) is 3.22. The molecular weight excluding hydrogens is 294 g/mol.